The second kappa shape index (κ2) is 6.24. The van der Waals surface area contributed by atoms with E-state index in [2.05, 4.69) is 6.19 Å². The van der Waals surface area contributed by atoms with Crippen molar-refractivity contribution in [2.75, 3.05) is 20.2 Å². The molecule has 1 aromatic carbocycles. The van der Waals surface area contributed by atoms with E-state index in [1.807, 2.05) is 25.1 Å². The first-order valence-corrected chi connectivity index (χ1v) is 5.57. The lowest BCUT2D eigenvalue weighted by atomic mass is 10.1. The first-order valence-electron chi connectivity index (χ1n) is 5.19. The minimum absolute atomic E-state index is 0.607. The SMILES string of the molecule is CCOc1ccc(CCN(C)C#N)cc1Cl. The summed E-state index contributed by atoms with van der Waals surface area (Å²) < 4.78 is 5.34. The van der Waals surface area contributed by atoms with E-state index in [1.165, 1.54) is 0 Å². The zero-order valence-corrected chi connectivity index (χ0v) is 10.3. The van der Waals surface area contributed by atoms with Crippen LogP contribution < -0.4 is 4.74 Å². The summed E-state index contributed by atoms with van der Waals surface area (Å²) in [7, 11) is 1.76. The molecule has 0 N–H and O–H groups in total. The molecule has 0 amide bonds. The van der Waals surface area contributed by atoms with Crippen molar-refractivity contribution in [3.05, 3.63) is 28.8 Å². The zero-order chi connectivity index (χ0) is 12.0. The van der Waals surface area contributed by atoms with Crippen LogP contribution in [0.4, 0.5) is 0 Å². The number of hydrogen-bond donors (Lipinski definition) is 0. The molecule has 1 rings (SSSR count). The lowest BCUT2D eigenvalue weighted by Gasteiger charge is -2.10. The van der Waals surface area contributed by atoms with Gasteiger partial charge in [0.25, 0.3) is 0 Å². The normalized spacial score (nSPS) is 9.62. The molecule has 86 valence electrons. The summed E-state index contributed by atoms with van der Waals surface area (Å²) in [5, 5.41) is 9.24. The first-order chi connectivity index (χ1) is 7.67. The van der Waals surface area contributed by atoms with Crippen molar-refractivity contribution in [2.45, 2.75) is 13.3 Å². The van der Waals surface area contributed by atoms with Gasteiger partial charge in [-0.1, -0.05) is 17.7 Å². The van der Waals surface area contributed by atoms with Crippen molar-refractivity contribution >= 4 is 11.6 Å². The number of ether oxygens (including phenoxy) is 1. The lowest BCUT2D eigenvalue weighted by Crippen LogP contribution is -2.14. The zero-order valence-electron chi connectivity index (χ0n) is 9.53. The molecule has 0 aromatic heterocycles. The van der Waals surface area contributed by atoms with E-state index < -0.39 is 0 Å². The van der Waals surface area contributed by atoms with Crippen LogP contribution in [-0.4, -0.2) is 25.1 Å². The highest BCUT2D eigenvalue weighted by Gasteiger charge is 2.03. The van der Waals surface area contributed by atoms with Gasteiger partial charge in [-0.25, -0.2) is 0 Å². The van der Waals surface area contributed by atoms with E-state index in [0.717, 1.165) is 12.0 Å². The highest BCUT2D eigenvalue weighted by Crippen LogP contribution is 2.25. The molecule has 0 spiro atoms. The Hall–Kier alpha value is -1.40. The number of rotatable bonds is 5. The molecule has 0 saturated heterocycles. The molecule has 16 heavy (non-hydrogen) atoms. The summed E-state index contributed by atoms with van der Waals surface area (Å²) in [4.78, 5) is 1.59. The van der Waals surface area contributed by atoms with E-state index >= 15 is 0 Å². The highest BCUT2D eigenvalue weighted by molar-refractivity contribution is 6.32. The standard InChI is InChI=1S/C12H15ClN2O/c1-3-16-12-5-4-10(8-11(12)13)6-7-15(2)9-14/h4-5,8H,3,6-7H2,1-2H3. The predicted octanol–water partition coefficient (Wildman–Crippen LogP) is 2.69. The van der Waals surface area contributed by atoms with Crippen LogP contribution >= 0.6 is 11.6 Å². The fraction of sp³-hybridized carbons (Fsp3) is 0.417. The van der Waals surface area contributed by atoms with Gasteiger partial charge in [0.15, 0.2) is 6.19 Å². The minimum Gasteiger partial charge on any atom is -0.492 e. The average molecular weight is 239 g/mol. The van der Waals surface area contributed by atoms with Crippen molar-refractivity contribution in [1.29, 1.82) is 5.26 Å². The molecule has 0 aliphatic rings. The second-order valence-electron chi connectivity index (χ2n) is 3.47. The Morgan fingerprint density at radius 2 is 2.25 bits per heavy atom. The number of likely N-dealkylation sites (N-methyl/N-ethyl adjacent to an activating group) is 1. The maximum absolute atomic E-state index is 8.61. The van der Waals surface area contributed by atoms with Crippen molar-refractivity contribution in [2.24, 2.45) is 0 Å². The van der Waals surface area contributed by atoms with Gasteiger partial charge >= 0.3 is 0 Å². The maximum atomic E-state index is 8.61. The Bertz CT molecular complexity index is 387. The average Bonchev–Trinajstić information content (AvgIpc) is 2.29. The largest absolute Gasteiger partial charge is 0.492 e. The molecule has 0 heterocycles. The van der Waals surface area contributed by atoms with Crippen LogP contribution in [-0.2, 0) is 6.42 Å². The molecule has 0 radical (unpaired) electrons. The van der Waals surface area contributed by atoms with E-state index in [0.29, 0.717) is 23.9 Å². The first kappa shape index (κ1) is 12.7. The van der Waals surface area contributed by atoms with Gasteiger partial charge in [-0.05, 0) is 31.0 Å². The molecular formula is C12H15ClN2O. The number of halogens is 1. The van der Waals surface area contributed by atoms with Crippen LogP contribution in [0.25, 0.3) is 0 Å². The van der Waals surface area contributed by atoms with Crippen LogP contribution in [0, 0.1) is 11.5 Å². The van der Waals surface area contributed by atoms with Crippen molar-refractivity contribution in [1.82, 2.24) is 4.90 Å². The smallest absolute Gasteiger partial charge is 0.179 e. The van der Waals surface area contributed by atoms with Gasteiger partial charge in [-0.15, -0.1) is 0 Å². The van der Waals surface area contributed by atoms with E-state index in [4.69, 9.17) is 21.6 Å². The Morgan fingerprint density at radius 1 is 1.50 bits per heavy atom. The molecular weight excluding hydrogens is 224 g/mol. The third kappa shape index (κ3) is 3.63. The van der Waals surface area contributed by atoms with Crippen molar-refractivity contribution in [3.63, 3.8) is 0 Å². The predicted molar refractivity (Wildman–Crippen MR) is 64.6 cm³/mol. The third-order valence-electron chi connectivity index (χ3n) is 2.20. The Kier molecular flexibility index (Phi) is 4.94. The quantitative estimate of drug-likeness (QED) is 0.585. The maximum Gasteiger partial charge on any atom is 0.179 e. The topological polar surface area (TPSA) is 36.3 Å². The van der Waals surface area contributed by atoms with Gasteiger partial charge in [-0.3, -0.25) is 0 Å². The summed E-state index contributed by atoms with van der Waals surface area (Å²) in [6.45, 7) is 3.23. The lowest BCUT2D eigenvalue weighted by molar-refractivity contribution is 0.340. The van der Waals surface area contributed by atoms with E-state index in [9.17, 15) is 0 Å². The summed E-state index contributed by atoms with van der Waals surface area (Å²) in [5.41, 5.74) is 1.11. The molecule has 3 nitrogen and oxygen atoms in total. The molecule has 0 bridgehead atoms. The molecule has 0 unspecified atom stereocenters. The number of nitrogens with zero attached hydrogens (tertiary/aromatic N) is 2. The monoisotopic (exact) mass is 238 g/mol. The molecule has 0 aliphatic heterocycles. The van der Waals surface area contributed by atoms with Gasteiger partial charge in [0, 0.05) is 13.6 Å². The summed E-state index contributed by atoms with van der Waals surface area (Å²) in [6.07, 6.45) is 2.86. The summed E-state index contributed by atoms with van der Waals surface area (Å²) >= 11 is 6.05. The molecule has 0 saturated carbocycles. The van der Waals surface area contributed by atoms with Gasteiger partial charge in [0.2, 0.25) is 0 Å². The van der Waals surface area contributed by atoms with Gasteiger partial charge in [0.1, 0.15) is 5.75 Å². The molecule has 0 aliphatic carbocycles. The molecule has 4 heteroatoms. The molecule has 1 aromatic rings. The van der Waals surface area contributed by atoms with Crippen LogP contribution in [0.2, 0.25) is 5.02 Å². The molecule has 0 fully saturated rings. The number of benzene rings is 1. The van der Waals surface area contributed by atoms with Gasteiger partial charge in [0.05, 0.1) is 11.6 Å². The summed E-state index contributed by atoms with van der Waals surface area (Å²) in [6, 6.07) is 5.73. The third-order valence-corrected chi connectivity index (χ3v) is 2.50. The second-order valence-corrected chi connectivity index (χ2v) is 3.88. The van der Waals surface area contributed by atoms with Gasteiger partial charge in [-0.2, -0.15) is 5.26 Å². The Labute approximate surface area is 101 Å². The fourth-order valence-electron chi connectivity index (χ4n) is 1.32. The summed E-state index contributed by atoms with van der Waals surface area (Å²) in [5.74, 6) is 0.710. The van der Waals surface area contributed by atoms with Crippen LogP contribution in [0.1, 0.15) is 12.5 Å². The van der Waals surface area contributed by atoms with E-state index in [1.54, 1.807) is 11.9 Å². The Balaban J connectivity index is 2.63. The fourth-order valence-corrected chi connectivity index (χ4v) is 1.58. The minimum atomic E-state index is 0.607. The Morgan fingerprint density at radius 3 is 2.81 bits per heavy atom. The number of nitriles is 1. The van der Waals surface area contributed by atoms with Crippen LogP contribution in [0.15, 0.2) is 18.2 Å². The molecule has 0 atom stereocenters. The van der Waals surface area contributed by atoms with Crippen molar-refractivity contribution < 1.29 is 4.74 Å². The van der Waals surface area contributed by atoms with Crippen LogP contribution in [0.5, 0.6) is 5.75 Å². The highest BCUT2D eigenvalue weighted by atomic mass is 35.5. The van der Waals surface area contributed by atoms with Gasteiger partial charge < -0.3 is 9.64 Å². The number of hydrogen-bond acceptors (Lipinski definition) is 3. The van der Waals surface area contributed by atoms with Crippen LogP contribution in [0.3, 0.4) is 0 Å². The van der Waals surface area contributed by atoms with E-state index in [-0.39, 0.29) is 0 Å². The van der Waals surface area contributed by atoms with Crippen molar-refractivity contribution in [3.8, 4) is 11.9 Å².